The van der Waals surface area contributed by atoms with Crippen molar-refractivity contribution < 1.29 is 14.7 Å². The van der Waals surface area contributed by atoms with Crippen LogP contribution >= 0.6 is 23.5 Å². The number of nitrogens with one attached hydrogen (secondary N) is 1. The monoisotopic (exact) mass is 422 g/mol. The Labute approximate surface area is 176 Å². The van der Waals surface area contributed by atoms with Gasteiger partial charge < -0.3 is 15.3 Å². The SMILES string of the molecule is CCC(CCc1ccccc1)NC(C)C(=O)N1CC2(CC1C(=O)O)SCCS2. The van der Waals surface area contributed by atoms with Crippen molar-refractivity contribution in [2.45, 2.75) is 61.7 Å². The number of carbonyl (C=O) groups excluding carboxylic acids is 1. The Morgan fingerprint density at radius 1 is 1.29 bits per heavy atom. The van der Waals surface area contributed by atoms with E-state index in [0.29, 0.717) is 13.0 Å². The first-order valence-electron chi connectivity index (χ1n) is 10.1. The lowest BCUT2D eigenvalue weighted by atomic mass is 10.0. The Kier molecular flexibility index (Phi) is 7.34. The number of thioether (sulfide) groups is 2. The Morgan fingerprint density at radius 2 is 1.96 bits per heavy atom. The van der Waals surface area contributed by atoms with Gasteiger partial charge in [0.15, 0.2) is 0 Å². The molecule has 0 saturated carbocycles. The van der Waals surface area contributed by atoms with Gasteiger partial charge >= 0.3 is 5.97 Å². The second kappa shape index (κ2) is 9.55. The van der Waals surface area contributed by atoms with Crippen LogP contribution in [-0.2, 0) is 16.0 Å². The molecule has 2 saturated heterocycles. The second-order valence-corrected chi connectivity index (χ2v) is 10.9. The maximum atomic E-state index is 13.1. The van der Waals surface area contributed by atoms with E-state index in [2.05, 4.69) is 24.4 Å². The van der Waals surface area contributed by atoms with Crippen LogP contribution in [0.5, 0.6) is 0 Å². The molecule has 0 radical (unpaired) electrons. The number of hydrogen-bond donors (Lipinski definition) is 2. The van der Waals surface area contributed by atoms with Gasteiger partial charge in [-0.3, -0.25) is 4.79 Å². The third-order valence-corrected chi connectivity index (χ3v) is 9.07. The molecule has 3 rings (SSSR count). The number of aryl methyl sites for hydroxylation is 1. The normalized spacial score (nSPS) is 23.1. The van der Waals surface area contributed by atoms with Gasteiger partial charge in [-0.15, -0.1) is 23.5 Å². The molecule has 28 heavy (non-hydrogen) atoms. The highest BCUT2D eigenvalue weighted by Crippen LogP contribution is 2.51. The maximum Gasteiger partial charge on any atom is 0.326 e. The van der Waals surface area contributed by atoms with Crippen molar-refractivity contribution in [1.29, 1.82) is 0 Å². The van der Waals surface area contributed by atoms with E-state index in [0.717, 1.165) is 30.8 Å². The number of nitrogens with zero attached hydrogens (tertiary/aromatic N) is 1. The average molecular weight is 423 g/mol. The smallest absolute Gasteiger partial charge is 0.326 e. The highest BCUT2D eigenvalue weighted by Gasteiger charge is 2.51. The van der Waals surface area contributed by atoms with Gasteiger partial charge in [0.2, 0.25) is 5.91 Å². The van der Waals surface area contributed by atoms with Crippen molar-refractivity contribution in [1.82, 2.24) is 10.2 Å². The summed E-state index contributed by atoms with van der Waals surface area (Å²) in [6.07, 6.45) is 3.39. The summed E-state index contributed by atoms with van der Waals surface area (Å²) in [5.74, 6) is 1.09. The lowest BCUT2D eigenvalue weighted by Crippen LogP contribution is -2.51. The molecule has 2 fully saturated rings. The van der Waals surface area contributed by atoms with Gasteiger partial charge in [0.25, 0.3) is 0 Å². The topological polar surface area (TPSA) is 69.6 Å². The van der Waals surface area contributed by atoms with E-state index in [-0.39, 0.29) is 22.1 Å². The molecule has 2 aliphatic heterocycles. The van der Waals surface area contributed by atoms with E-state index in [9.17, 15) is 14.7 Å². The molecule has 1 aromatic carbocycles. The zero-order chi connectivity index (χ0) is 20.1. The molecule has 1 aromatic rings. The van der Waals surface area contributed by atoms with Crippen molar-refractivity contribution in [2.75, 3.05) is 18.1 Å². The van der Waals surface area contributed by atoms with Gasteiger partial charge in [0.05, 0.1) is 10.1 Å². The van der Waals surface area contributed by atoms with Crippen LogP contribution in [0.4, 0.5) is 0 Å². The van der Waals surface area contributed by atoms with Crippen molar-refractivity contribution in [3.8, 4) is 0 Å². The molecule has 0 bridgehead atoms. The zero-order valence-corrected chi connectivity index (χ0v) is 18.2. The molecule has 1 amide bonds. The largest absolute Gasteiger partial charge is 0.480 e. The predicted molar refractivity (Wildman–Crippen MR) is 117 cm³/mol. The fraction of sp³-hybridized carbons (Fsp3) is 0.619. The van der Waals surface area contributed by atoms with Gasteiger partial charge in [-0.05, 0) is 31.7 Å². The fourth-order valence-electron chi connectivity index (χ4n) is 4.06. The van der Waals surface area contributed by atoms with Crippen LogP contribution in [-0.4, -0.2) is 62.1 Å². The summed E-state index contributed by atoms with van der Waals surface area (Å²) in [6.45, 7) is 4.52. The first-order chi connectivity index (χ1) is 13.4. The minimum absolute atomic E-state index is 0.0875. The van der Waals surface area contributed by atoms with Gasteiger partial charge in [0.1, 0.15) is 6.04 Å². The summed E-state index contributed by atoms with van der Waals surface area (Å²) in [5.41, 5.74) is 1.30. The van der Waals surface area contributed by atoms with Crippen molar-refractivity contribution in [3.63, 3.8) is 0 Å². The van der Waals surface area contributed by atoms with E-state index in [1.807, 2.05) is 48.6 Å². The van der Waals surface area contributed by atoms with Crippen LogP contribution in [0.2, 0.25) is 0 Å². The quantitative estimate of drug-likeness (QED) is 0.670. The van der Waals surface area contributed by atoms with Crippen molar-refractivity contribution >= 4 is 35.4 Å². The number of benzene rings is 1. The molecule has 0 aromatic heterocycles. The molecule has 2 aliphatic rings. The number of aliphatic carboxylic acids is 1. The summed E-state index contributed by atoms with van der Waals surface area (Å²) < 4.78 is -0.129. The molecule has 5 nitrogen and oxygen atoms in total. The lowest BCUT2D eigenvalue weighted by molar-refractivity contribution is -0.148. The van der Waals surface area contributed by atoms with E-state index in [1.54, 1.807) is 4.90 Å². The number of likely N-dealkylation sites (tertiary alicyclic amines) is 1. The maximum absolute atomic E-state index is 13.1. The molecule has 7 heteroatoms. The third kappa shape index (κ3) is 5.05. The van der Waals surface area contributed by atoms with Gasteiger partial charge in [0, 0.05) is 30.5 Å². The number of carboxylic acid groups (broad SMARTS) is 1. The van der Waals surface area contributed by atoms with Crippen LogP contribution < -0.4 is 5.32 Å². The van der Waals surface area contributed by atoms with Crippen LogP contribution in [0.15, 0.2) is 30.3 Å². The van der Waals surface area contributed by atoms with Crippen LogP contribution in [0, 0.1) is 0 Å². The molecular weight excluding hydrogens is 392 g/mol. The van der Waals surface area contributed by atoms with Crippen molar-refractivity contribution in [3.05, 3.63) is 35.9 Å². The van der Waals surface area contributed by atoms with E-state index < -0.39 is 12.0 Å². The standard InChI is InChI=1S/C21H30N2O3S2/c1-3-17(10-9-16-7-5-4-6-8-16)22-15(2)19(24)23-14-21(27-11-12-28-21)13-18(23)20(25)26/h4-8,15,17-18,22H,3,9-14H2,1-2H3,(H,25,26). The van der Waals surface area contributed by atoms with Crippen LogP contribution in [0.25, 0.3) is 0 Å². The van der Waals surface area contributed by atoms with Crippen LogP contribution in [0.3, 0.4) is 0 Å². The molecule has 1 spiro atoms. The van der Waals surface area contributed by atoms with Gasteiger partial charge in [-0.1, -0.05) is 37.3 Å². The molecule has 154 valence electrons. The molecule has 3 atom stereocenters. The molecular formula is C21H30N2O3S2. The first-order valence-corrected chi connectivity index (χ1v) is 12.0. The Bertz CT molecular complexity index is 679. The minimum Gasteiger partial charge on any atom is -0.480 e. The molecule has 2 heterocycles. The Morgan fingerprint density at radius 3 is 2.57 bits per heavy atom. The summed E-state index contributed by atoms with van der Waals surface area (Å²) in [5, 5.41) is 13.1. The van der Waals surface area contributed by atoms with Gasteiger partial charge in [-0.25, -0.2) is 4.79 Å². The first kappa shape index (κ1) is 21.5. The number of amides is 1. The van der Waals surface area contributed by atoms with Crippen molar-refractivity contribution in [2.24, 2.45) is 0 Å². The predicted octanol–water partition coefficient (Wildman–Crippen LogP) is 3.24. The second-order valence-electron chi connectivity index (χ2n) is 7.65. The van der Waals surface area contributed by atoms with Gasteiger partial charge in [-0.2, -0.15) is 0 Å². The average Bonchev–Trinajstić information content (AvgIpc) is 3.32. The highest BCUT2D eigenvalue weighted by atomic mass is 32.2. The number of carboxylic acids is 1. The van der Waals surface area contributed by atoms with E-state index >= 15 is 0 Å². The van der Waals surface area contributed by atoms with Crippen LogP contribution in [0.1, 0.15) is 38.7 Å². The zero-order valence-electron chi connectivity index (χ0n) is 16.6. The molecule has 0 aliphatic carbocycles. The molecule has 3 unspecified atom stereocenters. The van der Waals surface area contributed by atoms with E-state index in [1.165, 1.54) is 5.56 Å². The highest BCUT2D eigenvalue weighted by molar-refractivity contribution is 8.21. The number of rotatable bonds is 8. The summed E-state index contributed by atoms with van der Waals surface area (Å²) >= 11 is 3.63. The third-order valence-electron chi connectivity index (χ3n) is 5.65. The number of hydrogen-bond acceptors (Lipinski definition) is 5. The molecule has 2 N–H and O–H groups in total. The minimum atomic E-state index is -0.887. The fourth-order valence-corrected chi connectivity index (χ4v) is 7.32. The summed E-state index contributed by atoms with van der Waals surface area (Å²) in [6, 6.07) is 9.50. The number of carbonyl (C=O) groups is 2. The lowest BCUT2D eigenvalue weighted by Gasteiger charge is -2.28. The summed E-state index contributed by atoms with van der Waals surface area (Å²) in [7, 11) is 0. The summed E-state index contributed by atoms with van der Waals surface area (Å²) in [4.78, 5) is 26.5. The Hall–Kier alpha value is -1.18. The Balaban J connectivity index is 1.59. The van der Waals surface area contributed by atoms with E-state index in [4.69, 9.17) is 0 Å².